The minimum atomic E-state index is -0.413. The van der Waals surface area contributed by atoms with Gasteiger partial charge in [0.05, 0.1) is 11.0 Å². The highest BCUT2D eigenvalue weighted by Crippen LogP contribution is 2.23. The number of anilines is 1. The summed E-state index contributed by atoms with van der Waals surface area (Å²) >= 11 is 0. The van der Waals surface area contributed by atoms with Crippen molar-refractivity contribution in [3.05, 3.63) is 33.9 Å². The lowest BCUT2D eigenvalue weighted by atomic mass is 10.1. The van der Waals surface area contributed by atoms with Gasteiger partial charge in [0.15, 0.2) is 0 Å². The molecule has 0 amide bonds. The van der Waals surface area contributed by atoms with Gasteiger partial charge in [0, 0.05) is 23.9 Å². The van der Waals surface area contributed by atoms with Crippen LogP contribution in [0.25, 0.3) is 0 Å². The van der Waals surface area contributed by atoms with E-state index in [1.165, 1.54) is 12.1 Å². The largest absolute Gasteiger partial charge is 0.393 e. The molecule has 0 saturated carbocycles. The number of aliphatic hydroxyl groups excluding tert-OH is 1. The number of nitro benzene ring substituents is 1. The number of non-ortho nitro benzene ring substituents is 1. The van der Waals surface area contributed by atoms with Crippen LogP contribution in [0.2, 0.25) is 0 Å². The van der Waals surface area contributed by atoms with Gasteiger partial charge in [-0.05, 0) is 32.8 Å². The molecule has 2 atom stereocenters. The van der Waals surface area contributed by atoms with Crippen molar-refractivity contribution >= 4 is 11.4 Å². The lowest BCUT2D eigenvalue weighted by Gasteiger charge is -2.18. The van der Waals surface area contributed by atoms with Crippen LogP contribution in [0.4, 0.5) is 11.4 Å². The van der Waals surface area contributed by atoms with Gasteiger partial charge < -0.3 is 10.4 Å². The predicted molar refractivity (Wildman–Crippen MR) is 67.2 cm³/mol. The molecule has 0 bridgehead atoms. The minimum absolute atomic E-state index is 0.0655. The normalized spacial score (nSPS) is 14.1. The Hall–Kier alpha value is -1.62. The Morgan fingerprint density at radius 1 is 1.47 bits per heavy atom. The number of nitrogens with one attached hydrogen (secondary N) is 1. The summed E-state index contributed by atoms with van der Waals surface area (Å²) in [7, 11) is 0. The molecule has 0 heterocycles. The van der Waals surface area contributed by atoms with E-state index in [2.05, 4.69) is 5.32 Å². The maximum Gasteiger partial charge on any atom is 0.271 e. The molecule has 1 aromatic rings. The van der Waals surface area contributed by atoms with Gasteiger partial charge in [0.2, 0.25) is 0 Å². The lowest BCUT2D eigenvalue weighted by Crippen LogP contribution is -2.21. The quantitative estimate of drug-likeness (QED) is 0.610. The van der Waals surface area contributed by atoms with Gasteiger partial charge in [-0.3, -0.25) is 10.1 Å². The zero-order valence-electron chi connectivity index (χ0n) is 10.3. The van der Waals surface area contributed by atoms with E-state index >= 15 is 0 Å². The van der Waals surface area contributed by atoms with Crippen molar-refractivity contribution in [1.82, 2.24) is 0 Å². The molecule has 5 nitrogen and oxygen atoms in total. The maximum absolute atomic E-state index is 10.7. The number of aryl methyl sites for hydroxylation is 1. The second-order valence-corrected chi connectivity index (χ2v) is 4.39. The van der Waals surface area contributed by atoms with E-state index in [9.17, 15) is 15.2 Å². The molecule has 1 aromatic carbocycles. The van der Waals surface area contributed by atoms with Gasteiger partial charge in [-0.25, -0.2) is 0 Å². The molecule has 0 saturated heterocycles. The Morgan fingerprint density at radius 2 is 2.12 bits per heavy atom. The van der Waals surface area contributed by atoms with E-state index in [1.807, 2.05) is 13.8 Å². The summed E-state index contributed by atoms with van der Waals surface area (Å²) in [5.74, 6) is 0. The van der Waals surface area contributed by atoms with Crippen LogP contribution in [0.15, 0.2) is 18.2 Å². The zero-order valence-corrected chi connectivity index (χ0v) is 10.3. The number of nitro groups is 1. The molecule has 2 unspecified atom stereocenters. The molecule has 0 fully saturated rings. The van der Waals surface area contributed by atoms with Gasteiger partial charge in [-0.2, -0.15) is 0 Å². The molecule has 94 valence electrons. The van der Waals surface area contributed by atoms with E-state index in [0.29, 0.717) is 6.42 Å². The average molecular weight is 238 g/mol. The topological polar surface area (TPSA) is 75.4 Å². The molecule has 1 rings (SSSR count). The first-order valence-electron chi connectivity index (χ1n) is 5.59. The van der Waals surface area contributed by atoms with Crippen molar-refractivity contribution in [2.75, 3.05) is 5.32 Å². The van der Waals surface area contributed by atoms with Gasteiger partial charge in [-0.1, -0.05) is 6.07 Å². The van der Waals surface area contributed by atoms with Crippen molar-refractivity contribution in [2.45, 2.75) is 39.3 Å². The van der Waals surface area contributed by atoms with Crippen molar-refractivity contribution in [3.63, 3.8) is 0 Å². The monoisotopic (exact) mass is 238 g/mol. The van der Waals surface area contributed by atoms with Crippen LogP contribution in [0.3, 0.4) is 0 Å². The molecule has 0 aliphatic carbocycles. The molecule has 0 spiro atoms. The Balaban J connectivity index is 2.82. The van der Waals surface area contributed by atoms with E-state index in [1.54, 1.807) is 13.0 Å². The summed E-state index contributed by atoms with van der Waals surface area (Å²) in [5, 5.41) is 23.1. The van der Waals surface area contributed by atoms with Gasteiger partial charge in [0.1, 0.15) is 0 Å². The second kappa shape index (κ2) is 5.63. The van der Waals surface area contributed by atoms with Crippen LogP contribution in [0.1, 0.15) is 25.8 Å². The smallest absolute Gasteiger partial charge is 0.271 e. The SMILES string of the molecule is Cc1ccc([N+](=O)[O-])cc1NC(C)CC(C)O. The first-order valence-corrected chi connectivity index (χ1v) is 5.59. The predicted octanol–water partition coefficient (Wildman–Crippen LogP) is 2.47. The van der Waals surface area contributed by atoms with Crippen LogP contribution in [-0.4, -0.2) is 22.2 Å². The standard InChI is InChI=1S/C12H18N2O3/c1-8-4-5-11(14(16)17)7-12(8)13-9(2)6-10(3)15/h4-5,7,9-10,13,15H,6H2,1-3H3. The number of rotatable bonds is 5. The highest BCUT2D eigenvalue weighted by atomic mass is 16.6. The first-order chi connectivity index (χ1) is 7.90. The van der Waals surface area contributed by atoms with Crippen molar-refractivity contribution in [2.24, 2.45) is 0 Å². The Morgan fingerprint density at radius 3 is 2.65 bits per heavy atom. The van der Waals surface area contributed by atoms with Crippen molar-refractivity contribution in [1.29, 1.82) is 0 Å². The molecular formula is C12H18N2O3. The lowest BCUT2D eigenvalue weighted by molar-refractivity contribution is -0.384. The highest BCUT2D eigenvalue weighted by molar-refractivity contribution is 5.57. The molecule has 2 N–H and O–H groups in total. The van der Waals surface area contributed by atoms with E-state index in [0.717, 1.165) is 11.3 Å². The maximum atomic E-state index is 10.7. The summed E-state index contributed by atoms with van der Waals surface area (Å²) < 4.78 is 0. The number of hydrogen-bond acceptors (Lipinski definition) is 4. The third-order valence-electron chi connectivity index (χ3n) is 2.53. The van der Waals surface area contributed by atoms with Gasteiger partial charge in [0.25, 0.3) is 5.69 Å². The van der Waals surface area contributed by atoms with Crippen LogP contribution >= 0.6 is 0 Å². The highest BCUT2D eigenvalue weighted by Gasteiger charge is 2.11. The fourth-order valence-corrected chi connectivity index (χ4v) is 1.72. The summed E-state index contributed by atoms with van der Waals surface area (Å²) in [4.78, 5) is 10.3. The Kier molecular flexibility index (Phi) is 4.45. The van der Waals surface area contributed by atoms with Crippen LogP contribution < -0.4 is 5.32 Å². The Labute approximate surface area is 101 Å². The zero-order chi connectivity index (χ0) is 13.0. The Bertz CT molecular complexity index is 405. The van der Waals surface area contributed by atoms with Gasteiger partial charge in [-0.15, -0.1) is 0 Å². The first kappa shape index (κ1) is 13.4. The number of benzene rings is 1. The fourth-order valence-electron chi connectivity index (χ4n) is 1.72. The van der Waals surface area contributed by atoms with Crippen LogP contribution in [-0.2, 0) is 0 Å². The third-order valence-corrected chi connectivity index (χ3v) is 2.53. The number of hydrogen-bond donors (Lipinski definition) is 2. The van der Waals surface area contributed by atoms with Crippen molar-refractivity contribution < 1.29 is 10.0 Å². The summed E-state index contributed by atoms with van der Waals surface area (Å²) in [6.45, 7) is 5.55. The third kappa shape index (κ3) is 4.03. The molecule has 0 aliphatic rings. The van der Waals surface area contributed by atoms with E-state index < -0.39 is 11.0 Å². The van der Waals surface area contributed by atoms with Crippen LogP contribution in [0, 0.1) is 17.0 Å². The fraction of sp³-hybridized carbons (Fsp3) is 0.500. The average Bonchev–Trinajstić information content (AvgIpc) is 2.19. The number of nitrogens with zero attached hydrogens (tertiary/aromatic N) is 1. The van der Waals surface area contributed by atoms with Crippen LogP contribution in [0.5, 0.6) is 0 Å². The number of aliphatic hydroxyl groups is 1. The van der Waals surface area contributed by atoms with E-state index in [-0.39, 0.29) is 11.7 Å². The summed E-state index contributed by atoms with van der Waals surface area (Å²) in [6.07, 6.45) is 0.207. The molecular weight excluding hydrogens is 220 g/mol. The molecule has 0 aliphatic heterocycles. The molecule has 0 aromatic heterocycles. The molecule has 5 heteroatoms. The van der Waals surface area contributed by atoms with Gasteiger partial charge >= 0.3 is 0 Å². The summed E-state index contributed by atoms with van der Waals surface area (Å²) in [5.41, 5.74) is 1.77. The second-order valence-electron chi connectivity index (χ2n) is 4.39. The molecule has 17 heavy (non-hydrogen) atoms. The minimum Gasteiger partial charge on any atom is -0.393 e. The van der Waals surface area contributed by atoms with Crippen molar-refractivity contribution in [3.8, 4) is 0 Å². The molecule has 0 radical (unpaired) electrons. The summed E-state index contributed by atoms with van der Waals surface area (Å²) in [6, 6.07) is 4.79. The van der Waals surface area contributed by atoms with E-state index in [4.69, 9.17) is 0 Å².